The lowest BCUT2D eigenvalue weighted by atomic mass is 10.8. The highest BCUT2D eigenvalue weighted by Crippen LogP contribution is 1.43. The minimum Gasteiger partial charge on any atom is -0.481 e. The maximum atomic E-state index is 9.00. The van der Waals surface area contributed by atoms with E-state index < -0.39 is 23.9 Å². The van der Waals surface area contributed by atoms with Gasteiger partial charge in [-0.25, -0.2) is 0 Å². The van der Waals surface area contributed by atoms with Crippen molar-refractivity contribution in [1.82, 2.24) is 5.43 Å². The van der Waals surface area contributed by atoms with Crippen LogP contribution in [-0.2, 0) is 19.2 Å². The summed E-state index contributed by atoms with van der Waals surface area (Å²) in [4.78, 5) is 36.0. The van der Waals surface area contributed by atoms with Gasteiger partial charge in [-0.3, -0.25) is 30.4 Å². The van der Waals surface area contributed by atoms with Crippen LogP contribution in [-0.4, -0.2) is 50.8 Å². The molecule has 0 unspecified atom stereocenters. The standard InChI is InChI=1S/C2H8N2.4C2H4O2/c1-2-4-3;4*1-2(3)4/h4H,2-3H2,1H3;4*1H3,(H,3,4). The molecule has 7 N–H and O–H groups in total. The molecule has 0 aromatic heterocycles. The zero-order chi connectivity index (χ0) is 17.7. The van der Waals surface area contributed by atoms with Gasteiger partial charge in [0.15, 0.2) is 0 Å². The summed E-state index contributed by atoms with van der Waals surface area (Å²) in [5.41, 5.74) is 2.43. The van der Waals surface area contributed by atoms with Gasteiger partial charge in [-0.05, 0) is 0 Å². The maximum absolute atomic E-state index is 9.00. The topological polar surface area (TPSA) is 187 Å². The van der Waals surface area contributed by atoms with Crippen molar-refractivity contribution in [2.24, 2.45) is 5.84 Å². The third-order valence-corrected chi connectivity index (χ3v) is 0.204. The first kappa shape index (κ1) is 30.7. The van der Waals surface area contributed by atoms with Crippen LogP contribution in [0.5, 0.6) is 0 Å². The molecule has 0 aromatic carbocycles. The fraction of sp³-hybridized carbons (Fsp3) is 0.600. The highest BCUT2D eigenvalue weighted by atomic mass is 16.4. The average Bonchev–Trinajstić information content (AvgIpc) is 2.13. The number of nitrogens with two attached hydrogens (primary N) is 1. The number of rotatable bonds is 1. The van der Waals surface area contributed by atoms with Crippen molar-refractivity contribution in [3.63, 3.8) is 0 Å². The molecule has 0 aliphatic heterocycles. The SMILES string of the molecule is CC(=O)O.CC(=O)O.CC(=O)O.CC(=O)O.CCNN. The molecule has 0 aliphatic carbocycles. The van der Waals surface area contributed by atoms with E-state index in [2.05, 4.69) is 5.43 Å². The number of carboxylic acids is 4. The molecule has 122 valence electrons. The van der Waals surface area contributed by atoms with E-state index in [0.717, 1.165) is 34.2 Å². The Kier molecular flexibility index (Phi) is 46.2. The molecule has 0 fully saturated rings. The van der Waals surface area contributed by atoms with Crippen LogP contribution in [0.2, 0.25) is 0 Å². The summed E-state index contributed by atoms with van der Waals surface area (Å²) in [5.74, 6) is 1.44. The zero-order valence-corrected chi connectivity index (χ0v) is 12.2. The van der Waals surface area contributed by atoms with Crippen LogP contribution in [0.1, 0.15) is 34.6 Å². The van der Waals surface area contributed by atoms with E-state index in [0.29, 0.717) is 0 Å². The van der Waals surface area contributed by atoms with Crippen LogP contribution < -0.4 is 11.3 Å². The Morgan fingerprint density at radius 1 is 0.750 bits per heavy atom. The molecule has 0 radical (unpaired) electrons. The van der Waals surface area contributed by atoms with Crippen molar-refractivity contribution < 1.29 is 39.6 Å². The van der Waals surface area contributed by atoms with E-state index in [-0.39, 0.29) is 0 Å². The van der Waals surface area contributed by atoms with Gasteiger partial charge >= 0.3 is 0 Å². The van der Waals surface area contributed by atoms with E-state index in [1.165, 1.54) is 0 Å². The predicted molar refractivity (Wildman–Crippen MR) is 71.1 cm³/mol. The summed E-state index contributed by atoms with van der Waals surface area (Å²) in [6.07, 6.45) is 0. The van der Waals surface area contributed by atoms with Crippen LogP contribution in [0.3, 0.4) is 0 Å². The number of carbonyl (C=O) groups is 4. The molecule has 0 atom stereocenters. The van der Waals surface area contributed by atoms with Crippen molar-refractivity contribution >= 4 is 23.9 Å². The van der Waals surface area contributed by atoms with Gasteiger partial charge in [0.2, 0.25) is 0 Å². The van der Waals surface area contributed by atoms with Crippen molar-refractivity contribution in [2.45, 2.75) is 34.6 Å². The van der Waals surface area contributed by atoms with Crippen LogP contribution in [0, 0.1) is 0 Å². The molecule has 0 saturated heterocycles. The molecular formula is C10H24N2O8. The van der Waals surface area contributed by atoms with Crippen molar-refractivity contribution in [3.8, 4) is 0 Å². The molecule has 0 bridgehead atoms. The zero-order valence-electron chi connectivity index (χ0n) is 12.2. The molecule has 20 heavy (non-hydrogen) atoms. The second kappa shape index (κ2) is 30.1. The van der Waals surface area contributed by atoms with Gasteiger partial charge in [0.05, 0.1) is 0 Å². The van der Waals surface area contributed by atoms with Gasteiger partial charge < -0.3 is 20.4 Å². The Morgan fingerprint density at radius 2 is 0.800 bits per heavy atom. The Hall–Kier alpha value is -2.20. The number of hydrogen-bond acceptors (Lipinski definition) is 6. The van der Waals surface area contributed by atoms with E-state index in [1.807, 2.05) is 6.92 Å². The third kappa shape index (κ3) is 2400. The summed E-state index contributed by atoms with van der Waals surface area (Å²) >= 11 is 0. The first-order chi connectivity index (χ1) is 8.84. The normalized spacial score (nSPS) is 6.50. The van der Waals surface area contributed by atoms with Gasteiger partial charge in [0.1, 0.15) is 0 Å². The van der Waals surface area contributed by atoms with Crippen LogP contribution in [0.15, 0.2) is 0 Å². The highest BCUT2D eigenvalue weighted by Gasteiger charge is 1.66. The lowest BCUT2D eigenvalue weighted by Crippen LogP contribution is -2.20. The number of carboxylic acid groups (broad SMARTS) is 4. The van der Waals surface area contributed by atoms with E-state index in [9.17, 15) is 0 Å². The Morgan fingerprint density at radius 3 is 0.800 bits per heavy atom. The first-order valence-electron chi connectivity index (χ1n) is 5.06. The second-order valence-electron chi connectivity index (χ2n) is 2.63. The summed E-state index contributed by atoms with van der Waals surface area (Å²) in [7, 11) is 0. The first-order valence-corrected chi connectivity index (χ1v) is 5.06. The third-order valence-electron chi connectivity index (χ3n) is 0.204. The number of hydrazine groups is 1. The number of nitrogens with one attached hydrogen (secondary N) is 1. The molecule has 0 saturated carbocycles. The van der Waals surface area contributed by atoms with E-state index >= 15 is 0 Å². The Balaban J connectivity index is -0.0000000469. The minimum absolute atomic E-state index is 0.833. The van der Waals surface area contributed by atoms with Gasteiger partial charge in [-0.15, -0.1) is 0 Å². The number of hydrogen-bond donors (Lipinski definition) is 6. The molecule has 0 aromatic rings. The summed E-state index contributed by atoms with van der Waals surface area (Å²) in [5, 5.41) is 29.7. The lowest BCUT2D eigenvalue weighted by molar-refractivity contribution is -0.135. The van der Waals surface area contributed by atoms with Crippen molar-refractivity contribution in [2.75, 3.05) is 6.54 Å². The van der Waals surface area contributed by atoms with Crippen LogP contribution in [0.25, 0.3) is 0 Å². The molecule has 0 heterocycles. The maximum Gasteiger partial charge on any atom is 0.300 e. The monoisotopic (exact) mass is 300 g/mol. The smallest absolute Gasteiger partial charge is 0.300 e. The molecule has 10 heteroatoms. The van der Waals surface area contributed by atoms with Crippen molar-refractivity contribution in [1.29, 1.82) is 0 Å². The average molecular weight is 300 g/mol. The number of aliphatic carboxylic acids is 4. The molecule has 0 aliphatic rings. The van der Waals surface area contributed by atoms with Gasteiger partial charge in [0.25, 0.3) is 23.9 Å². The lowest BCUT2D eigenvalue weighted by Gasteiger charge is -1.77. The molecule has 0 amide bonds. The molecular weight excluding hydrogens is 276 g/mol. The van der Waals surface area contributed by atoms with Gasteiger partial charge in [0, 0.05) is 34.2 Å². The van der Waals surface area contributed by atoms with Gasteiger partial charge in [-0.2, -0.15) is 0 Å². The van der Waals surface area contributed by atoms with E-state index in [1.54, 1.807) is 0 Å². The summed E-state index contributed by atoms with van der Waals surface area (Å²) in [6, 6.07) is 0. The minimum atomic E-state index is -0.833. The second-order valence-corrected chi connectivity index (χ2v) is 2.63. The van der Waals surface area contributed by atoms with Crippen LogP contribution in [0.4, 0.5) is 0 Å². The largest absolute Gasteiger partial charge is 0.481 e. The Labute approximate surface area is 117 Å². The fourth-order valence-electron chi connectivity index (χ4n) is 0. The van der Waals surface area contributed by atoms with Crippen LogP contribution >= 0.6 is 0 Å². The summed E-state index contributed by atoms with van der Waals surface area (Å²) < 4.78 is 0. The molecule has 0 rings (SSSR count). The predicted octanol–water partition coefficient (Wildman–Crippen LogP) is -0.167. The quantitative estimate of drug-likeness (QED) is 0.280. The fourth-order valence-corrected chi connectivity index (χ4v) is 0. The highest BCUT2D eigenvalue weighted by molar-refractivity contribution is 5.63. The van der Waals surface area contributed by atoms with E-state index in [4.69, 9.17) is 45.4 Å². The summed E-state index contributed by atoms with van der Waals surface area (Å²) in [6.45, 7) is 7.12. The van der Waals surface area contributed by atoms with Gasteiger partial charge in [-0.1, -0.05) is 6.92 Å². The Bertz CT molecular complexity index is 190. The molecule has 10 nitrogen and oxygen atoms in total. The van der Waals surface area contributed by atoms with Crippen molar-refractivity contribution in [3.05, 3.63) is 0 Å². The molecule has 0 spiro atoms.